The van der Waals surface area contributed by atoms with E-state index in [1.54, 1.807) is 6.07 Å². The average Bonchev–Trinajstić information content (AvgIpc) is 2.45. The molecule has 0 aliphatic carbocycles. The van der Waals surface area contributed by atoms with Gasteiger partial charge in [-0.05, 0) is 44.4 Å². The summed E-state index contributed by atoms with van der Waals surface area (Å²) in [5.41, 5.74) is -0.153. The highest BCUT2D eigenvalue weighted by atomic mass is 19.1. The standard InChI is InChI=1S/C16H21F2N3/c1-11-4-3-5-21(10-11)12(2)9-20-16-14(17)6-13(8-19)7-15(16)18/h6-7,11-12,20H,3-5,9-10H2,1-2H3. The summed E-state index contributed by atoms with van der Waals surface area (Å²) in [6.45, 7) is 6.83. The number of piperidine rings is 1. The summed E-state index contributed by atoms with van der Waals surface area (Å²) in [5.74, 6) is -0.763. The van der Waals surface area contributed by atoms with Gasteiger partial charge in [0, 0.05) is 19.1 Å². The molecule has 2 unspecified atom stereocenters. The van der Waals surface area contributed by atoms with Crippen molar-refractivity contribution in [2.24, 2.45) is 5.92 Å². The molecule has 0 saturated carbocycles. The zero-order valence-corrected chi connectivity index (χ0v) is 12.5. The van der Waals surface area contributed by atoms with Crippen LogP contribution >= 0.6 is 0 Å². The van der Waals surface area contributed by atoms with Gasteiger partial charge in [-0.15, -0.1) is 0 Å². The molecule has 114 valence electrons. The molecule has 1 aliphatic rings. The number of likely N-dealkylation sites (tertiary alicyclic amines) is 1. The maximum atomic E-state index is 13.8. The van der Waals surface area contributed by atoms with E-state index >= 15 is 0 Å². The molecule has 1 aromatic carbocycles. The van der Waals surface area contributed by atoms with Crippen LogP contribution in [-0.2, 0) is 0 Å². The Bertz CT molecular complexity index is 516. The van der Waals surface area contributed by atoms with Crippen molar-refractivity contribution in [2.75, 3.05) is 25.0 Å². The Labute approximate surface area is 124 Å². The minimum absolute atomic E-state index is 0.00606. The summed E-state index contributed by atoms with van der Waals surface area (Å²) in [6, 6.07) is 4.06. The Kier molecular flexibility index (Phi) is 5.13. The van der Waals surface area contributed by atoms with Crippen LogP contribution in [0.25, 0.3) is 0 Å². The van der Waals surface area contributed by atoms with Gasteiger partial charge in [0.2, 0.25) is 0 Å². The van der Waals surface area contributed by atoms with E-state index < -0.39 is 11.6 Å². The second-order valence-electron chi connectivity index (χ2n) is 5.90. The molecule has 1 heterocycles. The molecular formula is C16H21F2N3. The van der Waals surface area contributed by atoms with E-state index in [4.69, 9.17) is 5.26 Å². The number of benzene rings is 1. The number of rotatable bonds is 4. The van der Waals surface area contributed by atoms with Gasteiger partial charge < -0.3 is 5.32 Å². The van der Waals surface area contributed by atoms with Gasteiger partial charge in [-0.2, -0.15) is 5.26 Å². The summed E-state index contributed by atoms with van der Waals surface area (Å²) in [5, 5.41) is 11.5. The normalized spacial score (nSPS) is 20.8. The second kappa shape index (κ2) is 6.86. The van der Waals surface area contributed by atoms with E-state index in [1.807, 2.05) is 0 Å². The minimum Gasteiger partial charge on any atom is -0.379 e. The van der Waals surface area contributed by atoms with E-state index in [1.165, 1.54) is 12.8 Å². The maximum Gasteiger partial charge on any atom is 0.150 e. The number of nitrogens with zero attached hydrogens (tertiary/aromatic N) is 2. The molecule has 1 aliphatic heterocycles. The summed E-state index contributed by atoms with van der Waals surface area (Å²) < 4.78 is 27.6. The maximum absolute atomic E-state index is 13.8. The molecule has 0 spiro atoms. The van der Waals surface area contributed by atoms with Crippen LogP contribution in [0.3, 0.4) is 0 Å². The van der Waals surface area contributed by atoms with Crippen molar-refractivity contribution in [3.05, 3.63) is 29.3 Å². The van der Waals surface area contributed by atoms with Gasteiger partial charge in [0.15, 0.2) is 11.6 Å². The molecule has 1 saturated heterocycles. The predicted octanol–water partition coefficient (Wildman–Crippen LogP) is 3.37. The fourth-order valence-corrected chi connectivity index (χ4v) is 2.81. The highest BCUT2D eigenvalue weighted by Gasteiger charge is 2.21. The molecule has 2 atom stereocenters. The minimum atomic E-state index is -0.717. The molecular weight excluding hydrogens is 272 g/mol. The topological polar surface area (TPSA) is 39.1 Å². The van der Waals surface area contributed by atoms with Crippen molar-refractivity contribution in [2.45, 2.75) is 32.7 Å². The van der Waals surface area contributed by atoms with Gasteiger partial charge in [-0.1, -0.05) is 6.92 Å². The third kappa shape index (κ3) is 3.92. The Morgan fingerprint density at radius 1 is 1.43 bits per heavy atom. The first kappa shape index (κ1) is 15.7. The van der Waals surface area contributed by atoms with Gasteiger partial charge in [-0.25, -0.2) is 8.78 Å². The molecule has 1 N–H and O–H groups in total. The van der Waals surface area contributed by atoms with Gasteiger partial charge in [0.25, 0.3) is 0 Å². The number of hydrogen-bond donors (Lipinski definition) is 1. The molecule has 0 radical (unpaired) electrons. The third-order valence-corrected chi connectivity index (χ3v) is 4.06. The first-order chi connectivity index (χ1) is 10.0. The van der Waals surface area contributed by atoms with Crippen molar-refractivity contribution in [1.29, 1.82) is 5.26 Å². The van der Waals surface area contributed by atoms with Crippen molar-refractivity contribution < 1.29 is 8.78 Å². The predicted molar refractivity (Wildman–Crippen MR) is 79.0 cm³/mol. The van der Waals surface area contributed by atoms with E-state index in [9.17, 15) is 8.78 Å². The van der Waals surface area contributed by atoms with Crippen molar-refractivity contribution in [3.8, 4) is 6.07 Å². The highest BCUT2D eigenvalue weighted by Crippen LogP contribution is 2.22. The monoisotopic (exact) mass is 293 g/mol. The fraction of sp³-hybridized carbons (Fsp3) is 0.562. The molecule has 1 aromatic rings. The molecule has 0 bridgehead atoms. The summed E-state index contributed by atoms with van der Waals surface area (Å²) in [4.78, 5) is 2.35. The van der Waals surface area contributed by atoms with Crippen LogP contribution in [-0.4, -0.2) is 30.6 Å². The lowest BCUT2D eigenvalue weighted by Gasteiger charge is -2.35. The molecule has 2 rings (SSSR count). The fourth-order valence-electron chi connectivity index (χ4n) is 2.81. The Balaban J connectivity index is 1.98. The van der Waals surface area contributed by atoms with Crippen molar-refractivity contribution in [3.63, 3.8) is 0 Å². The van der Waals surface area contributed by atoms with Crippen LogP contribution in [0.4, 0.5) is 14.5 Å². The van der Waals surface area contributed by atoms with Crippen molar-refractivity contribution >= 4 is 5.69 Å². The summed E-state index contributed by atoms with van der Waals surface area (Å²) >= 11 is 0. The summed E-state index contributed by atoms with van der Waals surface area (Å²) in [7, 11) is 0. The van der Waals surface area contributed by atoms with Gasteiger partial charge >= 0.3 is 0 Å². The quantitative estimate of drug-likeness (QED) is 0.925. The van der Waals surface area contributed by atoms with Crippen LogP contribution < -0.4 is 5.32 Å². The number of anilines is 1. The van der Waals surface area contributed by atoms with E-state index in [-0.39, 0.29) is 17.3 Å². The molecule has 5 heteroatoms. The average molecular weight is 293 g/mol. The van der Waals surface area contributed by atoms with Gasteiger partial charge in [-0.3, -0.25) is 4.90 Å². The number of nitriles is 1. The van der Waals surface area contributed by atoms with E-state index in [0.29, 0.717) is 12.5 Å². The van der Waals surface area contributed by atoms with Crippen LogP contribution in [0.15, 0.2) is 12.1 Å². The number of nitrogens with one attached hydrogen (secondary N) is 1. The van der Waals surface area contributed by atoms with Crippen LogP contribution in [0.1, 0.15) is 32.3 Å². The largest absolute Gasteiger partial charge is 0.379 e. The Morgan fingerprint density at radius 3 is 2.67 bits per heavy atom. The molecule has 21 heavy (non-hydrogen) atoms. The molecule has 0 aromatic heterocycles. The van der Waals surface area contributed by atoms with Crippen molar-refractivity contribution in [1.82, 2.24) is 4.90 Å². The highest BCUT2D eigenvalue weighted by molar-refractivity contribution is 5.50. The summed E-state index contributed by atoms with van der Waals surface area (Å²) in [6.07, 6.45) is 2.42. The molecule has 1 fully saturated rings. The smallest absolute Gasteiger partial charge is 0.150 e. The Hall–Kier alpha value is -1.67. The second-order valence-corrected chi connectivity index (χ2v) is 5.90. The molecule has 0 amide bonds. The van der Waals surface area contributed by atoms with E-state index in [0.717, 1.165) is 25.2 Å². The van der Waals surface area contributed by atoms with Crippen LogP contribution in [0.2, 0.25) is 0 Å². The Morgan fingerprint density at radius 2 is 2.10 bits per heavy atom. The van der Waals surface area contributed by atoms with Crippen LogP contribution in [0, 0.1) is 28.9 Å². The SMILES string of the molecule is CC1CCCN(C(C)CNc2c(F)cc(C#N)cc2F)C1. The van der Waals surface area contributed by atoms with E-state index in [2.05, 4.69) is 24.1 Å². The van der Waals surface area contributed by atoms with Crippen LogP contribution in [0.5, 0.6) is 0 Å². The number of hydrogen-bond acceptors (Lipinski definition) is 3. The zero-order chi connectivity index (χ0) is 15.4. The van der Waals surface area contributed by atoms with Gasteiger partial charge in [0.1, 0.15) is 5.69 Å². The lowest BCUT2D eigenvalue weighted by molar-refractivity contribution is 0.144. The first-order valence-electron chi connectivity index (χ1n) is 7.38. The molecule has 3 nitrogen and oxygen atoms in total. The first-order valence-corrected chi connectivity index (χ1v) is 7.38. The lowest BCUT2D eigenvalue weighted by atomic mass is 9.99. The van der Waals surface area contributed by atoms with Gasteiger partial charge in [0.05, 0.1) is 11.6 Å². The number of halogens is 2. The lowest BCUT2D eigenvalue weighted by Crippen LogP contribution is -2.43. The zero-order valence-electron chi connectivity index (χ0n) is 12.5. The third-order valence-electron chi connectivity index (χ3n) is 4.06.